The van der Waals surface area contributed by atoms with Crippen molar-refractivity contribution in [3.8, 4) is 0 Å². The standard InChI is InChI=1S/C16H21N3O3/c1-11(20)12-5-6-13(16(10-12)19(21)22)17-14-7-9-18-8-3-2-4-15(14)18/h5-6,10,14-15,17H,2-4,7-9H2,1H3/t14-,15-/m1/s1. The molecule has 0 unspecified atom stereocenters. The minimum Gasteiger partial charge on any atom is -0.375 e. The zero-order valence-corrected chi connectivity index (χ0v) is 12.7. The minimum atomic E-state index is -0.414. The molecule has 0 spiro atoms. The van der Waals surface area contributed by atoms with Crippen LogP contribution in [0, 0.1) is 10.1 Å². The zero-order chi connectivity index (χ0) is 15.7. The molecular weight excluding hydrogens is 282 g/mol. The average molecular weight is 303 g/mol. The fraction of sp³-hybridized carbons (Fsp3) is 0.562. The molecule has 2 heterocycles. The van der Waals surface area contributed by atoms with Crippen molar-refractivity contribution in [2.45, 2.75) is 44.7 Å². The molecule has 22 heavy (non-hydrogen) atoms. The van der Waals surface area contributed by atoms with Crippen LogP contribution in [0.1, 0.15) is 43.0 Å². The van der Waals surface area contributed by atoms with Crippen LogP contribution in [0.15, 0.2) is 18.2 Å². The number of hydrogen-bond acceptors (Lipinski definition) is 5. The first-order chi connectivity index (χ1) is 10.6. The Morgan fingerprint density at radius 2 is 2.14 bits per heavy atom. The monoisotopic (exact) mass is 303 g/mol. The highest BCUT2D eigenvalue weighted by molar-refractivity contribution is 5.95. The SMILES string of the molecule is CC(=O)c1ccc(N[C@@H]2CCN3CCCC[C@H]23)c([N+](=O)[O-])c1. The van der Waals surface area contributed by atoms with E-state index in [1.165, 1.54) is 25.8 Å². The summed E-state index contributed by atoms with van der Waals surface area (Å²) in [6.07, 6.45) is 4.63. The Kier molecular flexibility index (Phi) is 4.11. The maximum atomic E-state index is 11.4. The quantitative estimate of drug-likeness (QED) is 0.526. The summed E-state index contributed by atoms with van der Waals surface area (Å²) in [4.78, 5) is 24.8. The summed E-state index contributed by atoms with van der Waals surface area (Å²) >= 11 is 0. The van der Waals surface area contributed by atoms with Crippen LogP contribution in [-0.2, 0) is 0 Å². The number of fused-ring (bicyclic) bond motifs is 1. The van der Waals surface area contributed by atoms with Gasteiger partial charge in [-0.2, -0.15) is 0 Å². The number of carbonyl (C=O) groups is 1. The molecule has 2 aliphatic heterocycles. The highest BCUT2D eigenvalue weighted by Gasteiger charge is 2.36. The van der Waals surface area contributed by atoms with Crippen LogP contribution >= 0.6 is 0 Å². The van der Waals surface area contributed by atoms with E-state index in [-0.39, 0.29) is 17.5 Å². The molecule has 0 bridgehead atoms. The van der Waals surface area contributed by atoms with Crippen LogP contribution in [0.3, 0.4) is 0 Å². The summed E-state index contributed by atoms with van der Waals surface area (Å²) in [7, 11) is 0. The van der Waals surface area contributed by atoms with Crippen LogP contribution in [0.4, 0.5) is 11.4 Å². The summed E-state index contributed by atoms with van der Waals surface area (Å²) in [6.45, 7) is 3.61. The van der Waals surface area contributed by atoms with E-state index in [0.29, 0.717) is 17.3 Å². The molecule has 6 heteroatoms. The van der Waals surface area contributed by atoms with E-state index < -0.39 is 4.92 Å². The molecule has 2 saturated heterocycles. The number of nitrogens with zero attached hydrogens (tertiary/aromatic N) is 2. The maximum Gasteiger partial charge on any atom is 0.293 e. The smallest absolute Gasteiger partial charge is 0.293 e. The number of nitrogens with one attached hydrogen (secondary N) is 1. The van der Waals surface area contributed by atoms with Gasteiger partial charge in [-0.25, -0.2) is 0 Å². The van der Waals surface area contributed by atoms with E-state index in [1.807, 2.05) is 0 Å². The molecule has 2 aliphatic rings. The molecule has 0 amide bonds. The van der Waals surface area contributed by atoms with Crippen molar-refractivity contribution in [3.63, 3.8) is 0 Å². The summed E-state index contributed by atoms with van der Waals surface area (Å²) in [5, 5.41) is 14.7. The van der Waals surface area contributed by atoms with Crippen LogP contribution in [0.25, 0.3) is 0 Å². The van der Waals surface area contributed by atoms with Gasteiger partial charge in [0, 0.05) is 30.3 Å². The molecule has 2 atom stereocenters. The zero-order valence-electron chi connectivity index (χ0n) is 12.7. The molecule has 1 aromatic carbocycles. The number of benzene rings is 1. The predicted molar refractivity (Wildman–Crippen MR) is 84.3 cm³/mol. The van der Waals surface area contributed by atoms with Crippen LogP contribution < -0.4 is 5.32 Å². The molecule has 2 fully saturated rings. The van der Waals surface area contributed by atoms with Gasteiger partial charge in [0.05, 0.1) is 4.92 Å². The Morgan fingerprint density at radius 1 is 1.32 bits per heavy atom. The van der Waals surface area contributed by atoms with E-state index >= 15 is 0 Å². The third-order valence-corrected chi connectivity index (χ3v) is 4.80. The Bertz CT molecular complexity index is 602. The molecule has 0 radical (unpaired) electrons. The van der Waals surface area contributed by atoms with Crippen molar-refractivity contribution in [1.82, 2.24) is 4.90 Å². The van der Waals surface area contributed by atoms with Gasteiger partial charge in [0.2, 0.25) is 0 Å². The number of nitro groups is 1. The number of anilines is 1. The second kappa shape index (κ2) is 6.04. The summed E-state index contributed by atoms with van der Waals surface area (Å²) in [5.41, 5.74) is 0.886. The van der Waals surface area contributed by atoms with Gasteiger partial charge in [-0.1, -0.05) is 6.42 Å². The van der Waals surface area contributed by atoms with Gasteiger partial charge >= 0.3 is 0 Å². The van der Waals surface area contributed by atoms with Crippen LogP contribution in [-0.4, -0.2) is 40.8 Å². The number of carbonyl (C=O) groups excluding carboxylic acids is 1. The average Bonchev–Trinajstić information content (AvgIpc) is 2.90. The number of piperidine rings is 1. The van der Waals surface area contributed by atoms with Gasteiger partial charge < -0.3 is 5.32 Å². The lowest BCUT2D eigenvalue weighted by atomic mass is 9.98. The summed E-state index contributed by atoms with van der Waals surface area (Å²) in [5.74, 6) is -0.158. The van der Waals surface area contributed by atoms with Gasteiger partial charge in [0.1, 0.15) is 5.69 Å². The third-order valence-electron chi connectivity index (χ3n) is 4.80. The molecule has 118 valence electrons. The highest BCUT2D eigenvalue weighted by atomic mass is 16.6. The molecule has 0 aromatic heterocycles. The normalized spacial score (nSPS) is 24.8. The Hall–Kier alpha value is -1.95. The first-order valence-electron chi connectivity index (χ1n) is 7.86. The second-order valence-electron chi connectivity index (χ2n) is 6.18. The lowest BCUT2D eigenvalue weighted by Gasteiger charge is -2.32. The molecule has 1 N–H and O–H groups in total. The van der Waals surface area contributed by atoms with Gasteiger partial charge in [-0.15, -0.1) is 0 Å². The van der Waals surface area contributed by atoms with E-state index in [0.717, 1.165) is 25.9 Å². The maximum absolute atomic E-state index is 11.4. The van der Waals surface area contributed by atoms with Gasteiger partial charge in [-0.05, 0) is 44.9 Å². The fourth-order valence-electron chi connectivity index (χ4n) is 3.64. The van der Waals surface area contributed by atoms with Gasteiger partial charge in [-0.3, -0.25) is 19.8 Å². The van der Waals surface area contributed by atoms with Crippen molar-refractivity contribution >= 4 is 17.2 Å². The topological polar surface area (TPSA) is 75.5 Å². The molecule has 3 rings (SSSR count). The first-order valence-corrected chi connectivity index (χ1v) is 7.86. The van der Waals surface area contributed by atoms with E-state index in [2.05, 4.69) is 10.2 Å². The van der Waals surface area contributed by atoms with Crippen molar-refractivity contribution < 1.29 is 9.72 Å². The highest BCUT2D eigenvalue weighted by Crippen LogP contribution is 2.32. The largest absolute Gasteiger partial charge is 0.375 e. The summed E-state index contributed by atoms with van der Waals surface area (Å²) in [6, 6.07) is 5.42. The molecule has 1 aromatic rings. The van der Waals surface area contributed by atoms with Crippen LogP contribution in [0.5, 0.6) is 0 Å². The van der Waals surface area contributed by atoms with Crippen molar-refractivity contribution in [2.75, 3.05) is 18.4 Å². The van der Waals surface area contributed by atoms with Crippen molar-refractivity contribution in [3.05, 3.63) is 33.9 Å². The van der Waals surface area contributed by atoms with Gasteiger partial charge in [0.25, 0.3) is 5.69 Å². The van der Waals surface area contributed by atoms with E-state index in [9.17, 15) is 14.9 Å². The molecular formula is C16H21N3O3. The molecule has 0 aliphatic carbocycles. The van der Waals surface area contributed by atoms with Crippen LogP contribution in [0.2, 0.25) is 0 Å². The second-order valence-corrected chi connectivity index (χ2v) is 6.18. The molecule has 6 nitrogen and oxygen atoms in total. The van der Waals surface area contributed by atoms with E-state index in [1.54, 1.807) is 12.1 Å². The predicted octanol–water partition coefficient (Wildman–Crippen LogP) is 2.84. The molecule has 0 saturated carbocycles. The van der Waals surface area contributed by atoms with Crippen molar-refractivity contribution in [2.24, 2.45) is 0 Å². The summed E-state index contributed by atoms with van der Waals surface area (Å²) < 4.78 is 0. The minimum absolute atomic E-state index is 0.0121. The van der Waals surface area contributed by atoms with Crippen molar-refractivity contribution in [1.29, 1.82) is 0 Å². The number of ketones is 1. The Labute approximate surface area is 129 Å². The number of Topliss-reactive ketones (excluding diaryl/α,β-unsaturated/α-hetero) is 1. The Balaban J connectivity index is 1.82. The first kappa shape index (κ1) is 15.0. The lowest BCUT2D eigenvalue weighted by molar-refractivity contribution is -0.384. The lowest BCUT2D eigenvalue weighted by Crippen LogP contribution is -2.41. The van der Waals surface area contributed by atoms with Gasteiger partial charge in [0.15, 0.2) is 5.78 Å². The number of nitro benzene ring substituents is 1. The Morgan fingerprint density at radius 3 is 2.86 bits per heavy atom. The number of rotatable bonds is 4. The fourth-order valence-corrected chi connectivity index (χ4v) is 3.64. The number of hydrogen-bond donors (Lipinski definition) is 1. The van der Waals surface area contributed by atoms with E-state index in [4.69, 9.17) is 0 Å². The third kappa shape index (κ3) is 2.83.